The van der Waals surface area contributed by atoms with E-state index in [0.29, 0.717) is 24.3 Å². The van der Waals surface area contributed by atoms with Crippen molar-refractivity contribution in [1.82, 2.24) is 4.90 Å². The second-order valence-electron chi connectivity index (χ2n) is 12.2. The van der Waals surface area contributed by atoms with Crippen LogP contribution in [0, 0.1) is 10.8 Å². The summed E-state index contributed by atoms with van der Waals surface area (Å²) >= 11 is 2.02. The van der Waals surface area contributed by atoms with Gasteiger partial charge in [0.25, 0.3) is 0 Å². The molecule has 214 valence electrons. The van der Waals surface area contributed by atoms with E-state index in [9.17, 15) is 4.79 Å². The van der Waals surface area contributed by atoms with Crippen LogP contribution in [0.4, 0.5) is 0 Å². The van der Waals surface area contributed by atoms with E-state index in [4.69, 9.17) is 0 Å². The molecule has 0 bridgehead atoms. The lowest BCUT2D eigenvalue weighted by Gasteiger charge is -2.36. The van der Waals surface area contributed by atoms with Crippen LogP contribution >= 0.6 is 11.8 Å². The largest absolute Gasteiger partial charge is 0.338 e. The van der Waals surface area contributed by atoms with E-state index in [-0.39, 0.29) is 5.41 Å². The highest BCUT2D eigenvalue weighted by atomic mass is 32.2. The number of carbonyl (C=O) groups excluding carboxylic acids is 1. The predicted molar refractivity (Wildman–Crippen MR) is 166 cm³/mol. The minimum absolute atomic E-state index is 0.227. The highest BCUT2D eigenvalue weighted by Crippen LogP contribution is 2.35. The summed E-state index contributed by atoms with van der Waals surface area (Å²) in [7, 11) is 0. The molecule has 0 rings (SSSR count). The third-order valence-electron chi connectivity index (χ3n) is 7.97. The van der Waals surface area contributed by atoms with Gasteiger partial charge in [0.15, 0.2) is 0 Å². The first-order chi connectivity index (χ1) is 17.3. The summed E-state index contributed by atoms with van der Waals surface area (Å²) in [5.74, 6) is 2.47. The van der Waals surface area contributed by atoms with Crippen LogP contribution < -0.4 is 0 Å². The Kier molecular flexibility index (Phi) is 22.3. The molecule has 0 aromatic carbocycles. The molecular formula is C33H65NOS. The fraction of sp³-hybridized carbons (Fsp3) is 0.909. The van der Waals surface area contributed by atoms with Crippen molar-refractivity contribution in [2.75, 3.05) is 24.6 Å². The summed E-state index contributed by atoms with van der Waals surface area (Å²) in [6.45, 7) is 19.6. The molecule has 0 aliphatic carbocycles. The summed E-state index contributed by atoms with van der Waals surface area (Å²) in [5, 5.41) is 0. The minimum Gasteiger partial charge on any atom is -0.338 e. The van der Waals surface area contributed by atoms with Gasteiger partial charge in [0.1, 0.15) is 0 Å². The highest BCUT2D eigenvalue weighted by molar-refractivity contribution is 7.99. The van der Waals surface area contributed by atoms with Crippen LogP contribution in [0.5, 0.6) is 0 Å². The van der Waals surface area contributed by atoms with E-state index in [0.717, 1.165) is 12.3 Å². The Morgan fingerprint density at radius 3 is 1.75 bits per heavy atom. The molecule has 0 aliphatic heterocycles. The summed E-state index contributed by atoms with van der Waals surface area (Å²) in [4.78, 5) is 15.4. The predicted octanol–water partition coefficient (Wildman–Crippen LogP) is 10.8. The Balaban J connectivity index is 4.85. The van der Waals surface area contributed by atoms with E-state index >= 15 is 0 Å². The Hall–Kier alpha value is -0.440. The van der Waals surface area contributed by atoms with Crippen LogP contribution in [0.3, 0.4) is 0 Å². The summed E-state index contributed by atoms with van der Waals surface area (Å²) in [6, 6.07) is 0. The van der Waals surface area contributed by atoms with Crippen molar-refractivity contribution in [2.45, 2.75) is 157 Å². The fourth-order valence-electron chi connectivity index (χ4n) is 5.40. The van der Waals surface area contributed by atoms with Gasteiger partial charge < -0.3 is 4.90 Å². The van der Waals surface area contributed by atoms with Crippen LogP contribution in [-0.2, 0) is 4.79 Å². The molecule has 2 unspecified atom stereocenters. The van der Waals surface area contributed by atoms with Gasteiger partial charge in [-0.3, -0.25) is 4.79 Å². The molecule has 2 nitrogen and oxygen atoms in total. The third kappa shape index (κ3) is 17.9. The summed E-state index contributed by atoms with van der Waals surface area (Å²) < 4.78 is 0. The second-order valence-corrected chi connectivity index (χ2v) is 13.3. The molecule has 0 N–H and O–H groups in total. The zero-order chi connectivity index (χ0) is 27.1. The van der Waals surface area contributed by atoms with Gasteiger partial charge >= 0.3 is 0 Å². The lowest BCUT2D eigenvalue weighted by atomic mass is 9.79. The van der Waals surface area contributed by atoms with Gasteiger partial charge in [0, 0.05) is 25.3 Å². The normalized spacial score (nSPS) is 14.8. The van der Waals surface area contributed by atoms with Gasteiger partial charge in [-0.2, -0.15) is 11.8 Å². The van der Waals surface area contributed by atoms with Gasteiger partial charge in [-0.05, 0) is 42.3 Å². The number of hydrogen-bond donors (Lipinski definition) is 0. The van der Waals surface area contributed by atoms with Crippen molar-refractivity contribution in [2.24, 2.45) is 10.8 Å². The first-order valence-electron chi connectivity index (χ1n) is 15.8. The standard InChI is InChI=1S/C33H65NOS/c1-8-13-17-19-21-25-32(6,23-15-10-3)29-34(27-12-5)31(35)22-28-36-30-33(7,24-16-11-4)26-20-18-14-9-2/h12H,5,8-11,13-30H2,1-4,6-7H3. The Morgan fingerprint density at radius 1 is 0.722 bits per heavy atom. The van der Waals surface area contributed by atoms with Crippen molar-refractivity contribution in [3.8, 4) is 0 Å². The number of carbonyl (C=O) groups is 1. The van der Waals surface area contributed by atoms with Crippen molar-refractivity contribution in [3.63, 3.8) is 0 Å². The lowest BCUT2D eigenvalue weighted by Crippen LogP contribution is -2.40. The maximum atomic E-state index is 13.3. The molecule has 0 aromatic rings. The number of rotatable bonds is 26. The number of amides is 1. The zero-order valence-electron chi connectivity index (χ0n) is 25.6. The van der Waals surface area contributed by atoms with Gasteiger partial charge in [0.05, 0.1) is 0 Å². The molecule has 1 amide bonds. The Labute approximate surface area is 232 Å². The number of hydrogen-bond acceptors (Lipinski definition) is 2. The molecule has 0 aromatic heterocycles. The first-order valence-corrected chi connectivity index (χ1v) is 16.9. The maximum absolute atomic E-state index is 13.3. The molecule has 3 heteroatoms. The number of unbranched alkanes of at least 4 members (excludes halogenated alkanes) is 9. The topological polar surface area (TPSA) is 20.3 Å². The molecule has 0 fully saturated rings. The van der Waals surface area contributed by atoms with E-state index in [1.807, 2.05) is 17.8 Å². The SMILES string of the molecule is C=CCN(CC(C)(CCCC)CCCCCCC)C(=O)CCSCC(C)(CCCC)CCCCCC. The van der Waals surface area contributed by atoms with Crippen LogP contribution in [0.1, 0.15) is 157 Å². The first kappa shape index (κ1) is 35.6. The Bertz CT molecular complexity index is 536. The van der Waals surface area contributed by atoms with Gasteiger partial charge in [-0.15, -0.1) is 6.58 Å². The van der Waals surface area contributed by atoms with Crippen molar-refractivity contribution >= 4 is 17.7 Å². The third-order valence-corrected chi connectivity index (χ3v) is 9.36. The average molecular weight is 524 g/mol. The van der Waals surface area contributed by atoms with E-state index in [1.54, 1.807) is 0 Å². The molecule has 0 radical (unpaired) electrons. The molecule has 0 spiro atoms. The van der Waals surface area contributed by atoms with Crippen LogP contribution in [0.25, 0.3) is 0 Å². The lowest BCUT2D eigenvalue weighted by molar-refractivity contribution is -0.131. The van der Waals surface area contributed by atoms with Crippen LogP contribution in [0.15, 0.2) is 12.7 Å². The van der Waals surface area contributed by atoms with Gasteiger partial charge in [-0.1, -0.05) is 131 Å². The average Bonchev–Trinajstić information content (AvgIpc) is 2.86. The summed E-state index contributed by atoms with van der Waals surface area (Å²) in [6.07, 6.45) is 24.8. The van der Waals surface area contributed by atoms with Crippen molar-refractivity contribution < 1.29 is 4.79 Å². The maximum Gasteiger partial charge on any atom is 0.223 e. The quantitative estimate of drug-likeness (QED) is 0.0829. The highest BCUT2D eigenvalue weighted by Gasteiger charge is 2.28. The zero-order valence-corrected chi connectivity index (χ0v) is 26.4. The van der Waals surface area contributed by atoms with Gasteiger partial charge in [-0.25, -0.2) is 0 Å². The van der Waals surface area contributed by atoms with Crippen LogP contribution in [0.2, 0.25) is 0 Å². The molecule has 0 saturated heterocycles. The Morgan fingerprint density at radius 2 is 1.19 bits per heavy atom. The van der Waals surface area contributed by atoms with E-state index in [2.05, 4.69) is 53.0 Å². The van der Waals surface area contributed by atoms with Crippen molar-refractivity contribution in [1.29, 1.82) is 0 Å². The molecule has 36 heavy (non-hydrogen) atoms. The van der Waals surface area contributed by atoms with E-state index < -0.39 is 0 Å². The van der Waals surface area contributed by atoms with Crippen LogP contribution in [-0.4, -0.2) is 35.4 Å². The molecule has 0 heterocycles. The second kappa shape index (κ2) is 22.5. The minimum atomic E-state index is 0.227. The molecule has 2 atom stereocenters. The summed E-state index contributed by atoms with van der Waals surface area (Å²) in [5.41, 5.74) is 0.653. The smallest absolute Gasteiger partial charge is 0.223 e. The van der Waals surface area contributed by atoms with Crippen molar-refractivity contribution in [3.05, 3.63) is 12.7 Å². The molecule has 0 aliphatic rings. The number of thioether (sulfide) groups is 1. The monoisotopic (exact) mass is 523 g/mol. The number of nitrogens with zero attached hydrogens (tertiary/aromatic N) is 1. The fourth-order valence-corrected chi connectivity index (χ4v) is 6.65. The molecule has 0 saturated carbocycles. The molecular weight excluding hydrogens is 458 g/mol. The van der Waals surface area contributed by atoms with Gasteiger partial charge in [0.2, 0.25) is 5.91 Å². The van der Waals surface area contributed by atoms with E-state index in [1.165, 1.54) is 115 Å².